The molecule has 0 radical (unpaired) electrons. The lowest BCUT2D eigenvalue weighted by Crippen LogP contribution is -2.26. The smallest absolute Gasteiger partial charge is 0.0372 e. The van der Waals surface area contributed by atoms with Gasteiger partial charge in [0, 0.05) is 19.3 Å². The van der Waals surface area contributed by atoms with Crippen molar-refractivity contribution in [3.8, 4) is 0 Å². The van der Waals surface area contributed by atoms with Crippen LogP contribution in [0.25, 0.3) is 0 Å². The maximum absolute atomic E-state index is 2.31. The lowest BCUT2D eigenvalue weighted by molar-refractivity contribution is 0.389. The van der Waals surface area contributed by atoms with Gasteiger partial charge in [0.2, 0.25) is 0 Å². The minimum Gasteiger partial charge on any atom is -0.374 e. The van der Waals surface area contributed by atoms with Gasteiger partial charge in [0.1, 0.15) is 0 Å². The summed E-state index contributed by atoms with van der Waals surface area (Å²) in [5.74, 6) is 0. The number of allylic oxidation sites excluding steroid dienone is 3. The fraction of sp³-hybridized carbons (Fsp3) is 0.600. The van der Waals surface area contributed by atoms with E-state index in [-0.39, 0.29) is 0 Å². The largest absolute Gasteiger partial charge is 0.374 e. The Morgan fingerprint density at radius 3 is 2.82 bits per heavy atom. The van der Waals surface area contributed by atoms with Crippen LogP contribution in [0, 0.1) is 0 Å². The lowest BCUT2D eigenvalue weighted by Gasteiger charge is -2.29. The zero-order chi connectivity index (χ0) is 8.27. The van der Waals surface area contributed by atoms with Crippen molar-refractivity contribution in [3.05, 3.63) is 23.4 Å². The van der Waals surface area contributed by atoms with Gasteiger partial charge in [-0.3, -0.25) is 0 Å². The van der Waals surface area contributed by atoms with E-state index in [1.54, 1.807) is 0 Å². The molecule has 0 amide bonds. The molecule has 0 saturated carbocycles. The van der Waals surface area contributed by atoms with Crippen molar-refractivity contribution in [2.24, 2.45) is 0 Å². The van der Waals surface area contributed by atoms with Crippen molar-refractivity contribution in [2.45, 2.75) is 26.7 Å². The van der Waals surface area contributed by atoms with Gasteiger partial charge in [-0.1, -0.05) is 11.6 Å². The van der Waals surface area contributed by atoms with Gasteiger partial charge in [-0.05, 0) is 32.8 Å². The van der Waals surface area contributed by atoms with Crippen molar-refractivity contribution in [1.82, 2.24) is 4.90 Å². The average Bonchev–Trinajstić information content (AvgIpc) is 2.01. The molecule has 62 valence electrons. The summed E-state index contributed by atoms with van der Waals surface area (Å²) in [6, 6.07) is 0. The third-order valence-corrected chi connectivity index (χ3v) is 2.36. The first-order valence-corrected chi connectivity index (χ1v) is 4.26. The molecule has 0 aromatic heterocycles. The van der Waals surface area contributed by atoms with Crippen LogP contribution >= 0.6 is 0 Å². The van der Waals surface area contributed by atoms with E-state index in [1.807, 2.05) is 0 Å². The third kappa shape index (κ3) is 2.11. The Morgan fingerprint density at radius 2 is 2.45 bits per heavy atom. The summed E-state index contributed by atoms with van der Waals surface area (Å²) < 4.78 is 0. The lowest BCUT2D eigenvalue weighted by atomic mass is 10.1. The molecule has 0 atom stereocenters. The predicted molar refractivity (Wildman–Crippen MR) is 49.4 cm³/mol. The van der Waals surface area contributed by atoms with Crippen LogP contribution in [0.5, 0.6) is 0 Å². The fourth-order valence-corrected chi connectivity index (χ4v) is 1.17. The molecule has 0 bridgehead atoms. The van der Waals surface area contributed by atoms with Gasteiger partial charge in [-0.25, -0.2) is 0 Å². The summed E-state index contributed by atoms with van der Waals surface area (Å²) in [6.45, 7) is 5.44. The van der Waals surface area contributed by atoms with Crippen LogP contribution in [-0.2, 0) is 0 Å². The molecule has 0 aliphatic carbocycles. The topological polar surface area (TPSA) is 3.24 Å². The average molecular weight is 151 g/mol. The summed E-state index contributed by atoms with van der Waals surface area (Å²) in [5, 5.41) is 0. The van der Waals surface area contributed by atoms with Crippen LogP contribution in [0.2, 0.25) is 0 Å². The molecule has 1 aliphatic heterocycles. The van der Waals surface area contributed by atoms with Crippen molar-refractivity contribution in [1.29, 1.82) is 0 Å². The second-order valence-corrected chi connectivity index (χ2v) is 3.21. The number of hydrogen-bond acceptors (Lipinski definition) is 1. The molecule has 1 heteroatoms. The minimum atomic E-state index is 1.14. The van der Waals surface area contributed by atoms with Crippen LogP contribution in [0.4, 0.5) is 0 Å². The van der Waals surface area contributed by atoms with Crippen LogP contribution < -0.4 is 0 Å². The highest BCUT2D eigenvalue weighted by atomic mass is 15.1. The molecule has 0 aromatic rings. The van der Waals surface area contributed by atoms with E-state index in [4.69, 9.17) is 0 Å². The number of rotatable bonds is 3. The number of nitrogens with zero attached hydrogens (tertiary/aromatic N) is 1. The van der Waals surface area contributed by atoms with Gasteiger partial charge < -0.3 is 4.90 Å². The van der Waals surface area contributed by atoms with Gasteiger partial charge in [0.25, 0.3) is 0 Å². The molecule has 0 saturated heterocycles. The first-order chi connectivity index (χ1) is 5.24. The summed E-state index contributed by atoms with van der Waals surface area (Å²) in [5.41, 5.74) is 3.00. The highest BCUT2D eigenvalue weighted by Crippen LogP contribution is 2.19. The Kier molecular flexibility index (Phi) is 2.75. The Labute approximate surface area is 69.4 Å². The first kappa shape index (κ1) is 8.38. The number of hydrogen-bond donors (Lipinski definition) is 0. The maximum atomic E-state index is 2.31. The van der Waals surface area contributed by atoms with E-state index >= 15 is 0 Å². The van der Waals surface area contributed by atoms with Gasteiger partial charge in [0.05, 0.1) is 0 Å². The summed E-state index contributed by atoms with van der Waals surface area (Å²) in [6.07, 6.45) is 6.93. The number of likely N-dealkylation sites (N-methyl/N-ethyl adjacent to an activating group) is 1. The van der Waals surface area contributed by atoms with Gasteiger partial charge in [-0.2, -0.15) is 0 Å². The van der Waals surface area contributed by atoms with Gasteiger partial charge in [-0.15, -0.1) is 0 Å². The van der Waals surface area contributed by atoms with Crippen molar-refractivity contribution >= 4 is 0 Å². The second kappa shape index (κ2) is 3.61. The quantitative estimate of drug-likeness (QED) is 0.560. The van der Waals surface area contributed by atoms with Crippen LogP contribution in [0.1, 0.15) is 26.7 Å². The van der Waals surface area contributed by atoms with Gasteiger partial charge in [0.15, 0.2) is 0 Å². The van der Waals surface area contributed by atoms with E-state index < -0.39 is 0 Å². The monoisotopic (exact) mass is 151 g/mol. The molecule has 1 rings (SSSR count). The highest BCUT2D eigenvalue weighted by molar-refractivity contribution is 5.13. The minimum absolute atomic E-state index is 1.14. The highest BCUT2D eigenvalue weighted by Gasteiger charge is 2.10. The van der Waals surface area contributed by atoms with E-state index in [2.05, 4.69) is 37.9 Å². The molecule has 0 aromatic carbocycles. The summed E-state index contributed by atoms with van der Waals surface area (Å²) in [4.78, 5) is 2.31. The maximum Gasteiger partial charge on any atom is 0.0372 e. The molecule has 1 aliphatic rings. The Bertz CT molecular complexity index is 189. The standard InChI is InChI=1S/C10H17N/c1-4-9(2)5-6-10-7-8-11(10)3/h4,7H,5-6,8H2,1-3H3/b9-4+. The molecule has 0 N–H and O–H groups in total. The molecule has 1 nitrogen and oxygen atoms in total. The van der Waals surface area contributed by atoms with Crippen LogP contribution in [0.15, 0.2) is 23.4 Å². The van der Waals surface area contributed by atoms with E-state index in [9.17, 15) is 0 Å². The Morgan fingerprint density at radius 1 is 1.73 bits per heavy atom. The molecular weight excluding hydrogens is 134 g/mol. The van der Waals surface area contributed by atoms with Crippen LogP contribution in [-0.4, -0.2) is 18.5 Å². The first-order valence-electron chi connectivity index (χ1n) is 4.26. The van der Waals surface area contributed by atoms with Crippen LogP contribution in [0.3, 0.4) is 0 Å². The summed E-state index contributed by atoms with van der Waals surface area (Å²) >= 11 is 0. The Hall–Kier alpha value is -0.720. The van der Waals surface area contributed by atoms with E-state index in [0.717, 1.165) is 6.54 Å². The zero-order valence-electron chi connectivity index (χ0n) is 7.72. The molecular formula is C10H17N. The molecule has 11 heavy (non-hydrogen) atoms. The van der Waals surface area contributed by atoms with E-state index in [0.29, 0.717) is 0 Å². The molecule has 0 fully saturated rings. The molecule has 0 spiro atoms. The zero-order valence-corrected chi connectivity index (χ0v) is 7.72. The van der Waals surface area contributed by atoms with Crippen molar-refractivity contribution in [3.63, 3.8) is 0 Å². The Balaban J connectivity index is 2.23. The van der Waals surface area contributed by atoms with Gasteiger partial charge >= 0.3 is 0 Å². The predicted octanol–water partition coefficient (Wildman–Crippen LogP) is 2.56. The van der Waals surface area contributed by atoms with Crippen molar-refractivity contribution in [2.75, 3.05) is 13.6 Å². The molecule has 1 heterocycles. The normalized spacial score (nSPS) is 17.9. The van der Waals surface area contributed by atoms with E-state index in [1.165, 1.54) is 24.1 Å². The van der Waals surface area contributed by atoms with Crippen molar-refractivity contribution < 1.29 is 0 Å². The SMILES string of the molecule is C/C=C(\C)CCC1=CCN1C. The second-order valence-electron chi connectivity index (χ2n) is 3.21. The molecule has 0 unspecified atom stereocenters. The summed E-state index contributed by atoms with van der Waals surface area (Å²) in [7, 11) is 2.15. The third-order valence-electron chi connectivity index (χ3n) is 2.36. The fourth-order valence-electron chi connectivity index (χ4n) is 1.17.